The van der Waals surface area contributed by atoms with Crippen molar-refractivity contribution in [3.05, 3.63) is 28.6 Å². The Morgan fingerprint density at radius 2 is 2.04 bits per heavy atom. The molecular formula is C19H28N2O3. The van der Waals surface area contributed by atoms with Crippen LogP contribution in [0, 0.1) is 0 Å². The van der Waals surface area contributed by atoms with Gasteiger partial charge in [0.2, 0.25) is 5.91 Å². The molecule has 2 heterocycles. The molecule has 1 aliphatic heterocycles. The van der Waals surface area contributed by atoms with Crippen LogP contribution in [-0.2, 0) is 33.7 Å². The van der Waals surface area contributed by atoms with Crippen molar-refractivity contribution in [1.82, 2.24) is 10.3 Å². The Bertz CT molecular complexity index is 592. The first kappa shape index (κ1) is 17.2. The molecule has 2 N–H and O–H groups in total. The first-order valence-electron chi connectivity index (χ1n) is 9.15. The molecule has 24 heavy (non-hydrogen) atoms. The Kier molecular flexibility index (Phi) is 6.10. The minimum absolute atomic E-state index is 0.00787. The van der Waals surface area contributed by atoms with Gasteiger partial charge < -0.3 is 19.8 Å². The lowest BCUT2D eigenvalue weighted by atomic mass is 10.00. The lowest BCUT2D eigenvalue weighted by Gasteiger charge is -2.17. The molecule has 5 nitrogen and oxygen atoms in total. The van der Waals surface area contributed by atoms with E-state index >= 15 is 0 Å². The van der Waals surface area contributed by atoms with Gasteiger partial charge in [-0.3, -0.25) is 4.79 Å². The topological polar surface area (TPSA) is 63.4 Å². The Balaban J connectivity index is 1.79. The molecular weight excluding hydrogens is 304 g/mol. The zero-order chi connectivity index (χ0) is 16.8. The number of aryl methyl sites for hydroxylation is 1. The highest BCUT2D eigenvalue weighted by atomic mass is 16.5. The van der Waals surface area contributed by atoms with Crippen LogP contribution in [0.5, 0.6) is 0 Å². The number of carbonyl (C=O) groups excluding carboxylic acids is 1. The number of nitrogens with one attached hydrogen (secondary N) is 2. The summed E-state index contributed by atoms with van der Waals surface area (Å²) in [4.78, 5) is 16.0. The van der Waals surface area contributed by atoms with Gasteiger partial charge in [0.25, 0.3) is 0 Å². The second kappa shape index (κ2) is 8.49. The number of aromatic amines is 1. The number of rotatable bonds is 1. The van der Waals surface area contributed by atoms with Gasteiger partial charge in [0.1, 0.15) is 6.10 Å². The number of aromatic nitrogens is 1. The average molecular weight is 332 g/mol. The summed E-state index contributed by atoms with van der Waals surface area (Å²) in [7, 11) is 0. The third kappa shape index (κ3) is 4.08. The number of hydrogen-bond donors (Lipinski definition) is 2. The molecule has 0 fully saturated rings. The molecule has 1 amide bonds. The van der Waals surface area contributed by atoms with E-state index in [1.54, 1.807) is 0 Å². The standard InChI is InChI=1S/C19H28N2O3/c1-2-18-19(22)20-13-15-14-7-3-4-8-16(14)21-17(15)9-12-23-10-5-6-11-24-18/h3,7,18,21H,2,4-6,8-13H2,1H3,(H,20,22). The number of H-pyrrole nitrogens is 1. The molecule has 1 aliphatic carbocycles. The molecule has 132 valence electrons. The SMILES string of the molecule is CCC1OCCCCOCCc2[nH]c3c(c2CNC1=O)C=CCC3. The Hall–Kier alpha value is -1.59. The van der Waals surface area contributed by atoms with Crippen LogP contribution >= 0.6 is 0 Å². The normalized spacial score (nSPS) is 23.0. The van der Waals surface area contributed by atoms with Gasteiger partial charge in [-0.2, -0.15) is 0 Å². The van der Waals surface area contributed by atoms with Crippen LogP contribution in [0.2, 0.25) is 0 Å². The van der Waals surface area contributed by atoms with Crippen LogP contribution in [0.25, 0.3) is 6.08 Å². The van der Waals surface area contributed by atoms with Gasteiger partial charge in [-0.1, -0.05) is 19.1 Å². The van der Waals surface area contributed by atoms with Crippen molar-refractivity contribution in [3.8, 4) is 0 Å². The predicted molar refractivity (Wildman–Crippen MR) is 93.8 cm³/mol. The third-order valence-electron chi connectivity index (χ3n) is 4.76. The van der Waals surface area contributed by atoms with Crippen molar-refractivity contribution in [3.63, 3.8) is 0 Å². The Labute approximate surface area is 143 Å². The van der Waals surface area contributed by atoms with Crippen molar-refractivity contribution in [2.75, 3.05) is 19.8 Å². The van der Waals surface area contributed by atoms with Gasteiger partial charge in [-0.05, 0) is 37.7 Å². The van der Waals surface area contributed by atoms with Crippen LogP contribution in [0.15, 0.2) is 6.08 Å². The molecule has 0 aromatic carbocycles. The minimum Gasteiger partial charge on any atom is -0.381 e. The second-order valence-corrected chi connectivity index (χ2v) is 6.47. The van der Waals surface area contributed by atoms with Crippen molar-refractivity contribution in [2.24, 2.45) is 0 Å². The maximum Gasteiger partial charge on any atom is 0.249 e. The number of fused-ring (bicyclic) bond motifs is 3. The van der Waals surface area contributed by atoms with E-state index in [2.05, 4.69) is 22.5 Å². The minimum atomic E-state index is -0.359. The van der Waals surface area contributed by atoms with E-state index < -0.39 is 0 Å². The Morgan fingerprint density at radius 1 is 1.17 bits per heavy atom. The first-order chi connectivity index (χ1) is 11.8. The summed E-state index contributed by atoms with van der Waals surface area (Å²) in [5.41, 5.74) is 4.92. The molecule has 0 spiro atoms. The number of amides is 1. The van der Waals surface area contributed by atoms with E-state index in [0.717, 1.165) is 38.7 Å². The maximum atomic E-state index is 12.4. The van der Waals surface area contributed by atoms with Gasteiger partial charge >= 0.3 is 0 Å². The van der Waals surface area contributed by atoms with Gasteiger partial charge in [-0.25, -0.2) is 0 Å². The number of allylic oxidation sites excluding steroid dienone is 1. The molecule has 0 radical (unpaired) electrons. The van der Waals surface area contributed by atoms with E-state index in [-0.39, 0.29) is 12.0 Å². The van der Waals surface area contributed by atoms with Crippen molar-refractivity contribution in [1.29, 1.82) is 0 Å². The third-order valence-corrected chi connectivity index (χ3v) is 4.76. The predicted octanol–water partition coefficient (Wildman–Crippen LogP) is 2.74. The monoisotopic (exact) mass is 332 g/mol. The van der Waals surface area contributed by atoms with E-state index in [1.165, 1.54) is 22.5 Å². The molecule has 1 unspecified atom stereocenters. The molecule has 5 heteroatoms. The van der Waals surface area contributed by atoms with Crippen LogP contribution < -0.4 is 5.32 Å². The summed E-state index contributed by atoms with van der Waals surface area (Å²) in [6, 6.07) is 0. The molecule has 1 aromatic rings. The van der Waals surface area contributed by atoms with Gasteiger partial charge in [0.15, 0.2) is 0 Å². The average Bonchev–Trinajstić information content (AvgIpc) is 2.95. The summed E-state index contributed by atoms with van der Waals surface area (Å²) in [6.07, 6.45) is 9.58. The Morgan fingerprint density at radius 3 is 2.92 bits per heavy atom. The maximum absolute atomic E-state index is 12.4. The fourth-order valence-corrected chi connectivity index (χ4v) is 3.39. The lowest BCUT2D eigenvalue weighted by molar-refractivity contribution is -0.133. The molecule has 0 saturated heterocycles. The quantitative estimate of drug-likeness (QED) is 0.831. The second-order valence-electron chi connectivity index (χ2n) is 6.47. The van der Waals surface area contributed by atoms with Crippen LogP contribution in [0.1, 0.15) is 55.1 Å². The highest BCUT2D eigenvalue weighted by Crippen LogP contribution is 2.26. The van der Waals surface area contributed by atoms with Gasteiger partial charge in [0, 0.05) is 43.1 Å². The number of hydrogen-bond acceptors (Lipinski definition) is 3. The van der Waals surface area contributed by atoms with Crippen molar-refractivity contribution >= 4 is 12.0 Å². The number of ether oxygens (including phenoxy) is 2. The number of carbonyl (C=O) groups is 1. The molecule has 0 bridgehead atoms. The van der Waals surface area contributed by atoms with E-state index in [1.807, 2.05) is 6.92 Å². The molecule has 0 saturated carbocycles. The summed E-state index contributed by atoms with van der Waals surface area (Å²) in [5.74, 6) is -0.00787. The first-order valence-corrected chi connectivity index (χ1v) is 9.15. The highest BCUT2D eigenvalue weighted by molar-refractivity contribution is 5.80. The van der Waals surface area contributed by atoms with Crippen LogP contribution in [-0.4, -0.2) is 36.8 Å². The van der Waals surface area contributed by atoms with Gasteiger partial charge in [0.05, 0.1) is 6.61 Å². The summed E-state index contributed by atoms with van der Waals surface area (Å²) >= 11 is 0. The van der Waals surface area contributed by atoms with E-state index in [9.17, 15) is 4.79 Å². The summed E-state index contributed by atoms with van der Waals surface area (Å²) in [6.45, 7) is 4.61. The summed E-state index contributed by atoms with van der Waals surface area (Å²) < 4.78 is 11.5. The zero-order valence-electron chi connectivity index (χ0n) is 14.5. The highest BCUT2D eigenvalue weighted by Gasteiger charge is 2.21. The van der Waals surface area contributed by atoms with E-state index in [4.69, 9.17) is 9.47 Å². The molecule has 2 aliphatic rings. The van der Waals surface area contributed by atoms with Crippen molar-refractivity contribution < 1.29 is 14.3 Å². The van der Waals surface area contributed by atoms with Gasteiger partial charge in [-0.15, -0.1) is 0 Å². The van der Waals surface area contributed by atoms with Crippen molar-refractivity contribution in [2.45, 2.75) is 58.1 Å². The summed E-state index contributed by atoms with van der Waals surface area (Å²) in [5, 5.41) is 3.07. The fraction of sp³-hybridized carbons (Fsp3) is 0.632. The zero-order valence-corrected chi connectivity index (χ0v) is 14.5. The van der Waals surface area contributed by atoms with Crippen LogP contribution in [0.3, 0.4) is 0 Å². The smallest absolute Gasteiger partial charge is 0.249 e. The largest absolute Gasteiger partial charge is 0.381 e. The molecule has 1 atom stereocenters. The lowest BCUT2D eigenvalue weighted by Crippen LogP contribution is -2.36. The fourth-order valence-electron chi connectivity index (χ4n) is 3.39. The van der Waals surface area contributed by atoms with Crippen LogP contribution in [0.4, 0.5) is 0 Å². The molecule has 1 aromatic heterocycles. The molecule has 3 rings (SSSR count). The van der Waals surface area contributed by atoms with E-state index in [0.29, 0.717) is 26.2 Å².